The second-order valence-corrected chi connectivity index (χ2v) is 6.24. The van der Waals surface area contributed by atoms with Crippen molar-refractivity contribution < 1.29 is 4.42 Å². The first-order valence-electron chi connectivity index (χ1n) is 6.28. The maximum atomic E-state index is 12.1. The quantitative estimate of drug-likeness (QED) is 0.676. The monoisotopic (exact) mass is 355 g/mol. The Morgan fingerprint density at radius 2 is 2.40 bits per heavy atom. The number of fused-ring (bicyclic) bond motifs is 1. The summed E-state index contributed by atoms with van der Waals surface area (Å²) in [5, 5.41) is 0.692. The minimum atomic E-state index is -0.0234. The van der Waals surface area contributed by atoms with Crippen molar-refractivity contribution in [2.75, 3.05) is 12.8 Å². The predicted octanol–water partition coefficient (Wildman–Crippen LogP) is 2.41. The Balaban J connectivity index is 1.80. The van der Waals surface area contributed by atoms with Crippen molar-refractivity contribution in [1.82, 2.24) is 14.9 Å². The molecule has 1 N–H and O–H groups in total. The van der Waals surface area contributed by atoms with Gasteiger partial charge in [-0.2, -0.15) is 0 Å². The summed E-state index contributed by atoms with van der Waals surface area (Å²) in [5.41, 5.74) is 1.68. The highest BCUT2D eigenvalue weighted by atomic mass is 79.9. The van der Waals surface area contributed by atoms with Crippen LogP contribution >= 0.6 is 27.7 Å². The van der Waals surface area contributed by atoms with E-state index in [1.807, 2.05) is 18.4 Å². The molecule has 7 heteroatoms. The molecule has 0 bridgehead atoms. The van der Waals surface area contributed by atoms with Crippen molar-refractivity contribution in [3.63, 3.8) is 0 Å². The molecular formula is C13H14BrN3O2S. The van der Waals surface area contributed by atoms with Crippen LogP contribution in [0.2, 0.25) is 0 Å². The lowest BCUT2D eigenvalue weighted by molar-refractivity contribution is 0.220. The summed E-state index contributed by atoms with van der Waals surface area (Å²) in [5.74, 6) is 0.894. The first-order chi connectivity index (χ1) is 9.65. The Bertz CT molecular complexity index is 682. The van der Waals surface area contributed by atoms with Crippen molar-refractivity contribution in [3.8, 4) is 0 Å². The summed E-state index contributed by atoms with van der Waals surface area (Å²) in [4.78, 5) is 21.6. The smallest absolute Gasteiger partial charge is 0.256 e. The van der Waals surface area contributed by atoms with Gasteiger partial charge < -0.3 is 9.40 Å². The van der Waals surface area contributed by atoms with Crippen LogP contribution in [0.4, 0.5) is 0 Å². The number of furan rings is 1. The molecule has 20 heavy (non-hydrogen) atoms. The summed E-state index contributed by atoms with van der Waals surface area (Å²) in [7, 11) is 0. The second-order valence-electron chi connectivity index (χ2n) is 4.67. The standard InChI is InChI=1S/C13H14BrN3O2S/c1-20-13-15-10-4-5-17(7-9(10)12(18)16-13)6-8-2-3-11(14)19-8/h2-3H,4-7H2,1H3,(H,15,16,18). The molecule has 0 fully saturated rings. The van der Waals surface area contributed by atoms with E-state index in [9.17, 15) is 4.79 Å². The van der Waals surface area contributed by atoms with Crippen molar-refractivity contribution in [2.24, 2.45) is 0 Å². The van der Waals surface area contributed by atoms with Crippen LogP contribution in [0.25, 0.3) is 0 Å². The SMILES string of the molecule is CSc1nc2c(c(=O)[nH]1)CN(Cc1ccc(Br)o1)CC2. The highest BCUT2D eigenvalue weighted by Crippen LogP contribution is 2.20. The molecule has 0 spiro atoms. The molecule has 0 saturated heterocycles. The molecule has 5 nitrogen and oxygen atoms in total. The summed E-state index contributed by atoms with van der Waals surface area (Å²) < 4.78 is 6.24. The number of rotatable bonds is 3. The number of aromatic amines is 1. The fourth-order valence-electron chi connectivity index (χ4n) is 2.35. The molecular weight excluding hydrogens is 342 g/mol. The van der Waals surface area contributed by atoms with Crippen molar-refractivity contribution in [3.05, 3.63) is 44.2 Å². The topological polar surface area (TPSA) is 62.1 Å². The lowest BCUT2D eigenvalue weighted by atomic mass is 10.1. The average molecular weight is 356 g/mol. The minimum absolute atomic E-state index is 0.0234. The van der Waals surface area contributed by atoms with Gasteiger partial charge in [-0.25, -0.2) is 4.98 Å². The van der Waals surface area contributed by atoms with Gasteiger partial charge in [0.05, 0.1) is 17.8 Å². The third-order valence-electron chi connectivity index (χ3n) is 3.33. The molecule has 0 aromatic carbocycles. The Morgan fingerprint density at radius 1 is 1.55 bits per heavy atom. The molecule has 2 aromatic heterocycles. The zero-order valence-corrected chi connectivity index (χ0v) is 13.4. The van der Waals surface area contributed by atoms with Crippen molar-refractivity contribution in [2.45, 2.75) is 24.7 Å². The molecule has 0 atom stereocenters. The zero-order valence-electron chi connectivity index (χ0n) is 11.0. The number of nitrogens with zero attached hydrogens (tertiary/aromatic N) is 2. The Hall–Kier alpha value is -1.05. The zero-order chi connectivity index (χ0) is 14.1. The summed E-state index contributed by atoms with van der Waals surface area (Å²) >= 11 is 4.76. The third-order valence-corrected chi connectivity index (χ3v) is 4.33. The number of nitrogens with one attached hydrogen (secondary N) is 1. The molecule has 1 aliphatic rings. The van der Waals surface area contributed by atoms with Gasteiger partial charge >= 0.3 is 0 Å². The van der Waals surface area contributed by atoms with Gasteiger partial charge in [-0.3, -0.25) is 9.69 Å². The number of H-pyrrole nitrogens is 1. The van der Waals surface area contributed by atoms with E-state index in [4.69, 9.17) is 4.42 Å². The minimum Gasteiger partial charge on any atom is -0.453 e. The lowest BCUT2D eigenvalue weighted by Crippen LogP contribution is -2.35. The van der Waals surface area contributed by atoms with Gasteiger partial charge in [0, 0.05) is 19.5 Å². The van der Waals surface area contributed by atoms with Gasteiger partial charge in [0.2, 0.25) is 0 Å². The molecule has 0 amide bonds. The van der Waals surface area contributed by atoms with E-state index in [2.05, 4.69) is 30.8 Å². The van der Waals surface area contributed by atoms with E-state index in [-0.39, 0.29) is 5.56 Å². The number of aromatic nitrogens is 2. The normalized spacial score (nSPS) is 15.3. The summed E-state index contributed by atoms with van der Waals surface area (Å²) in [6.45, 7) is 2.20. The Labute approximate surface area is 128 Å². The van der Waals surface area contributed by atoms with Crippen LogP contribution in [0.3, 0.4) is 0 Å². The van der Waals surface area contributed by atoms with E-state index in [0.29, 0.717) is 18.2 Å². The number of thioether (sulfide) groups is 1. The maximum absolute atomic E-state index is 12.1. The van der Waals surface area contributed by atoms with Crippen molar-refractivity contribution >= 4 is 27.7 Å². The van der Waals surface area contributed by atoms with Gasteiger partial charge in [0.15, 0.2) is 9.83 Å². The number of halogens is 1. The summed E-state index contributed by atoms with van der Waals surface area (Å²) in [6, 6.07) is 3.82. The Morgan fingerprint density at radius 3 is 3.10 bits per heavy atom. The van der Waals surface area contributed by atoms with Crippen LogP contribution in [0.1, 0.15) is 17.0 Å². The first kappa shape index (κ1) is 13.9. The number of hydrogen-bond acceptors (Lipinski definition) is 5. The van der Waals surface area contributed by atoms with E-state index >= 15 is 0 Å². The van der Waals surface area contributed by atoms with E-state index in [0.717, 1.165) is 34.7 Å². The van der Waals surface area contributed by atoms with Crippen LogP contribution in [0.15, 0.2) is 31.2 Å². The predicted molar refractivity (Wildman–Crippen MR) is 80.9 cm³/mol. The molecule has 106 valence electrons. The Kier molecular flexibility index (Phi) is 4.00. The van der Waals surface area contributed by atoms with E-state index in [1.54, 1.807) is 0 Å². The number of hydrogen-bond donors (Lipinski definition) is 1. The van der Waals surface area contributed by atoms with E-state index in [1.165, 1.54) is 11.8 Å². The molecule has 1 aliphatic heterocycles. The van der Waals surface area contributed by atoms with Gasteiger partial charge in [0.25, 0.3) is 5.56 Å². The van der Waals surface area contributed by atoms with Crippen LogP contribution < -0.4 is 5.56 Å². The highest BCUT2D eigenvalue weighted by Gasteiger charge is 2.21. The van der Waals surface area contributed by atoms with Crippen LogP contribution in [-0.2, 0) is 19.5 Å². The fourth-order valence-corrected chi connectivity index (χ4v) is 3.08. The maximum Gasteiger partial charge on any atom is 0.256 e. The van der Waals surface area contributed by atoms with Crippen LogP contribution in [-0.4, -0.2) is 27.7 Å². The van der Waals surface area contributed by atoms with Crippen LogP contribution in [0.5, 0.6) is 0 Å². The average Bonchev–Trinajstić information content (AvgIpc) is 2.84. The van der Waals surface area contributed by atoms with Gasteiger partial charge in [-0.05, 0) is 34.3 Å². The molecule has 0 aliphatic carbocycles. The molecule has 0 saturated carbocycles. The lowest BCUT2D eigenvalue weighted by Gasteiger charge is -2.26. The molecule has 2 aromatic rings. The van der Waals surface area contributed by atoms with Gasteiger partial charge in [0.1, 0.15) is 5.76 Å². The van der Waals surface area contributed by atoms with Crippen molar-refractivity contribution in [1.29, 1.82) is 0 Å². The molecule has 0 unspecified atom stereocenters. The third kappa shape index (κ3) is 2.84. The molecule has 0 radical (unpaired) electrons. The second kappa shape index (κ2) is 5.75. The fraction of sp³-hybridized carbons (Fsp3) is 0.385. The van der Waals surface area contributed by atoms with Gasteiger partial charge in [-0.1, -0.05) is 11.8 Å². The molecule has 3 heterocycles. The largest absolute Gasteiger partial charge is 0.453 e. The molecule has 3 rings (SSSR count). The summed E-state index contributed by atoms with van der Waals surface area (Å²) in [6.07, 6.45) is 2.71. The van der Waals surface area contributed by atoms with Gasteiger partial charge in [-0.15, -0.1) is 0 Å². The highest BCUT2D eigenvalue weighted by molar-refractivity contribution is 9.10. The van der Waals surface area contributed by atoms with E-state index < -0.39 is 0 Å². The van der Waals surface area contributed by atoms with Crippen LogP contribution in [0, 0.1) is 0 Å². The first-order valence-corrected chi connectivity index (χ1v) is 8.30.